The van der Waals surface area contributed by atoms with Gasteiger partial charge >= 0.3 is 0 Å². The number of hydrogen-bond acceptors (Lipinski definition) is 5. The number of pyridine rings is 1. The molecule has 3 unspecified atom stereocenters. The number of hydrogen-bond donors (Lipinski definition) is 1. The van der Waals surface area contributed by atoms with Gasteiger partial charge in [0.2, 0.25) is 0 Å². The second-order valence-electron chi connectivity index (χ2n) is 9.32. The number of carbonyl (C=O) groups excluding carboxylic acids is 1. The molecule has 0 aliphatic heterocycles. The van der Waals surface area contributed by atoms with Crippen LogP contribution in [0.4, 0.5) is 0 Å². The molecular formula is C31H31N3O2. The van der Waals surface area contributed by atoms with Crippen molar-refractivity contribution in [2.24, 2.45) is 11.8 Å². The van der Waals surface area contributed by atoms with E-state index in [2.05, 4.69) is 23.2 Å². The monoisotopic (exact) mass is 477 g/mol. The van der Waals surface area contributed by atoms with Gasteiger partial charge in [-0.05, 0) is 37.3 Å². The number of aliphatic hydroxyl groups excluding tert-OH is 1. The summed E-state index contributed by atoms with van der Waals surface area (Å²) in [6.45, 7) is 5.99. The third-order valence-corrected chi connectivity index (χ3v) is 7.54. The van der Waals surface area contributed by atoms with Gasteiger partial charge in [-0.3, -0.25) is 9.78 Å². The van der Waals surface area contributed by atoms with Gasteiger partial charge in [-0.2, -0.15) is 0 Å². The molecule has 2 heterocycles. The SMILES string of the molecule is CC.CC1C(=O)/C(=C\O)CC2c3nc(-c4ccnc5ccccc45)nc(-c4ccccc4)c3CCC12. The average Bonchev–Trinajstić information content (AvgIpc) is 2.95. The summed E-state index contributed by atoms with van der Waals surface area (Å²) in [7, 11) is 0. The van der Waals surface area contributed by atoms with E-state index in [4.69, 9.17) is 9.97 Å². The zero-order chi connectivity index (χ0) is 25.2. The van der Waals surface area contributed by atoms with Gasteiger partial charge in [0, 0.05) is 45.7 Å². The molecule has 4 aromatic rings. The topological polar surface area (TPSA) is 76.0 Å². The Labute approximate surface area is 212 Å². The van der Waals surface area contributed by atoms with E-state index in [1.54, 1.807) is 6.20 Å². The number of aromatic nitrogens is 3. The van der Waals surface area contributed by atoms with Gasteiger partial charge in [-0.25, -0.2) is 9.97 Å². The van der Waals surface area contributed by atoms with Crippen LogP contribution < -0.4 is 0 Å². The van der Waals surface area contributed by atoms with Gasteiger partial charge in [-0.15, -0.1) is 0 Å². The van der Waals surface area contributed by atoms with Crippen molar-refractivity contribution in [1.29, 1.82) is 0 Å². The van der Waals surface area contributed by atoms with Gasteiger partial charge in [0.1, 0.15) is 0 Å². The van der Waals surface area contributed by atoms with Crippen molar-refractivity contribution in [3.05, 3.63) is 90.0 Å². The minimum atomic E-state index is -0.134. The quantitative estimate of drug-likeness (QED) is 0.247. The van der Waals surface area contributed by atoms with E-state index in [-0.39, 0.29) is 23.5 Å². The van der Waals surface area contributed by atoms with E-state index in [1.165, 1.54) is 0 Å². The molecule has 2 aliphatic carbocycles. The predicted octanol–water partition coefficient (Wildman–Crippen LogP) is 7.08. The molecule has 182 valence electrons. The Hall–Kier alpha value is -3.86. The minimum absolute atomic E-state index is 0.0601. The molecule has 0 saturated heterocycles. The van der Waals surface area contributed by atoms with Crippen molar-refractivity contribution in [2.75, 3.05) is 0 Å². The standard InChI is InChI=1S/C29H25N3O2.C2H6/c1-17-20-11-12-23-26(18-7-3-2-4-8-18)31-29(22-13-14-30-25-10-6-5-9-21(22)25)32-27(23)24(20)15-19(16-33)28(17)34;1-2/h2-10,13-14,16-17,20,24,33H,11-12,15H2,1H3;1-2H3/b19-16-;. The van der Waals surface area contributed by atoms with Crippen LogP contribution in [-0.4, -0.2) is 25.8 Å². The first-order valence-electron chi connectivity index (χ1n) is 12.8. The zero-order valence-corrected chi connectivity index (χ0v) is 21.0. The number of aliphatic hydroxyl groups is 1. The predicted molar refractivity (Wildman–Crippen MR) is 144 cm³/mol. The van der Waals surface area contributed by atoms with Crippen LogP contribution in [0, 0.1) is 11.8 Å². The van der Waals surface area contributed by atoms with Crippen molar-refractivity contribution in [3.63, 3.8) is 0 Å². The summed E-state index contributed by atoms with van der Waals surface area (Å²) >= 11 is 0. The normalized spacial score (nSPS) is 21.9. The molecule has 2 aromatic carbocycles. The fourth-order valence-corrected chi connectivity index (χ4v) is 5.80. The summed E-state index contributed by atoms with van der Waals surface area (Å²) in [6, 6.07) is 20.3. The van der Waals surface area contributed by atoms with E-state index in [0.717, 1.165) is 58.1 Å². The Morgan fingerprint density at radius 1 is 0.972 bits per heavy atom. The first kappa shape index (κ1) is 23.9. The lowest BCUT2D eigenvalue weighted by atomic mass is 9.63. The Morgan fingerprint density at radius 3 is 2.50 bits per heavy atom. The molecule has 36 heavy (non-hydrogen) atoms. The summed E-state index contributed by atoms with van der Waals surface area (Å²) in [4.78, 5) is 27.6. The molecule has 3 atom stereocenters. The highest BCUT2D eigenvalue weighted by Crippen LogP contribution is 2.49. The third kappa shape index (κ3) is 3.98. The summed E-state index contributed by atoms with van der Waals surface area (Å²) in [5.41, 5.74) is 6.55. The van der Waals surface area contributed by atoms with E-state index in [0.29, 0.717) is 17.8 Å². The smallest absolute Gasteiger partial charge is 0.165 e. The summed E-state index contributed by atoms with van der Waals surface area (Å²) in [5, 5.41) is 10.8. The number of rotatable bonds is 2. The van der Waals surface area contributed by atoms with E-state index < -0.39 is 0 Å². The molecule has 0 bridgehead atoms. The maximum absolute atomic E-state index is 12.8. The minimum Gasteiger partial charge on any atom is -0.515 e. The molecule has 6 rings (SSSR count). The second kappa shape index (κ2) is 10.0. The van der Waals surface area contributed by atoms with Gasteiger partial charge in [0.25, 0.3) is 0 Å². The number of Topliss-reactive ketones (excluding diaryl/α,β-unsaturated/α-hetero) is 1. The number of fused-ring (bicyclic) bond motifs is 4. The third-order valence-electron chi connectivity index (χ3n) is 7.54. The van der Waals surface area contributed by atoms with E-state index in [9.17, 15) is 9.90 Å². The molecule has 5 heteroatoms. The van der Waals surface area contributed by atoms with Crippen molar-refractivity contribution in [1.82, 2.24) is 15.0 Å². The molecule has 2 aliphatic rings. The first-order chi connectivity index (χ1) is 17.7. The Balaban J connectivity index is 0.00000130. The zero-order valence-electron chi connectivity index (χ0n) is 21.0. The van der Waals surface area contributed by atoms with Crippen LogP contribution in [0.15, 0.2) is 78.7 Å². The number of benzene rings is 2. The highest BCUT2D eigenvalue weighted by molar-refractivity contribution is 5.98. The van der Waals surface area contributed by atoms with Crippen LogP contribution in [-0.2, 0) is 11.2 Å². The molecule has 2 aromatic heterocycles. The molecule has 5 nitrogen and oxygen atoms in total. The number of nitrogens with zero attached hydrogens (tertiary/aromatic N) is 3. The second-order valence-corrected chi connectivity index (χ2v) is 9.32. The van der Waals surface area contributed by atoms with E-state index in [1.807, 2.05) is 63.2 Å². The highest BCUT2D eigenvalue weighted by Gasteiger charge is 2.43. The van der Waals surface area contributed by atoms with Crippen molar-refractivity contribution < 1.29 is 9.90 Å². The fourth-order valence-electron chi connectivity index (χ4n) is 5.80. The van der Waals surface area contributed by atoms with Crippen LogP contribution in [0.2, 0.25) is 0 Å². The maximum Gasteiger partial charge on any atom is 0.165 e. The van der Waals surface area contributed by atoms with E-state index >= 15 is 0 Å². The van der Waals surface area contributed by atoms with Gasteiger partial charge in [0.15, 0.2) is 11.6 Å². The van der Waals surface area contributed by atoms with Crippen LogP contribution in [0.5, 0.6) is 0 Å². The molecule has 1 fully saturated rings. The average molecular weight is 478 g/mol. The molecular weight excluding hydrogens is 446 g/mol. The summed E-state index contributed by atoms with van der Waals surface area (Å²) in [5.74, 6) is 0.892. The Kier molecular flexibility index (Phi) is 6.64. The van der Waals surface area contributed by atoms with Crippen LogP contribution in [0.3, 0.4) is 0 Å². The molecule has 1 saturated carbocycles. The maximum atomic E-state index is 12.8. The van der Waals surface area contributed by atoms with Gasteiger partial charge in [0.05, 0.1) is 23.2 Å². The Bertz CT molecular complexity index is 1440. The molecule has 0 spiro atoms. The lowest BCUT2D eigenvalue weighted by Gasteiger charge is -2.40. The fraction of sp³-hybridized carbons (Fsp3) is 0.290. The summed E-state index contributed by atoms with van der Waals surface area (Å²) in [6.07, 6.45) is 5.08. The largest absolute Gasteiger partial charge is 0.515 e. The van der Waals surface area contributed by atoms with Gasteiger partial charge < -0.3 is 5.11 Å². The molecule has 0 radical (unpaired) electrons. The Morgan fingerprint density at radius 2 is 1.72 bits per heavy atom. The first-order valence-corrected chi connectivity index (χ1v) is 12.8. The van der Waals surface area contributed by atoms with Crippen molar-refractivity contribution in [2.45, 2.75) is 46.0 Å². The lowest BCUT2D eigenvalue weighted by Crippen LogP contribution is -2.37. The van der Waals surface area contributed by atoms with Crippen molar-refractivity contribution >= 4 is 16.7 Å². The lowest BCUT2D eigenvalue weighted by molar-refractivity contribution is -0.122. The molecule has 0 amide bonds. The number of ketones is 1. The van der Waals surface area contributed by atoms with Gasteiger partial charge in [-0.1, -0.05) is 69.3 Å². The highest BCUT2D eigenvalue weighted by atomic mass is 16.2. The summed E-state index contributed by atoms with van der Waals surface area (Å²) < 4.78 is 0. The van der Waals surface area contributed by atoms with Crippen LogP contribution in [0.25, 0.3) is 33.5 Å². The molecule has 1 N–H and O–H groups in total. The van der Waals surface area contributed by atoms with Crippen molar-refractivity contribution in [3.8, 4) is 22.6 Å². The number of carbonyl (C=O) groups is 1. The number of allylic oxidation sites excluding steroid dienone is 1. The van der Waals surface area contributed by atoms with Crippen LogP contribution in [0.1, 0.15) is 50.8 Å². The van der Waals surface area contributed by atoms with Crippen LogP contribution >= 0.6 is 0 Å². The number of para-hydroxylation sites is 1.